The summed E-state index contributed by atoms with van der Waals surface area (Å²) >= 11 is 9.09. The highest BCUT2D eigenvalue weighted by atomic mass is 79.9. The average molecular weight is 353 g/mol. The van der Waals surface area contributed by atoms with Crippen LogP contribution in [0, 0.1) is 0 Å². The number of esters is 1. The van der Waals surface area contributed by atoms with Crippen molar-refractivity contribution in [3.05, 3.63) is 63.1 Å². The Bertz CT molecular complexity index is 748. The summed E-state index contributed by atoms with van der Waals surface area (Å²) in [6.07, 6.45) is 1.52. The fraction of sp³-hybridized carbons (Fsp3) is 0. The van der Waals surface area contributed by atoms with Crippen molar-refractivity contribution < 1.29 is 13.9 Å². The van der Waals surface area contributed by atoms with Gasteiger partial charge >= 0.3 is 5.97 Å². The molecule has 0 saturated heterocycles. The summed E-state index contributed by atoms with van der Waals surface area (Å²) in [7, 11) is 0. The van der Waals surface area contributed by atoms with Crippen LogP contribution in [-0.4, -0.2) is 11.9 Å². The number of carbonyl (C=O) groups is 1. The van der Waals surface area contributed by atoms with Gasteiger partial charge in [-0.25, -0.2) is 9.79 Å². The third-order valence-corrected chi connectivity index (χ3v) is 3.23. The molecule has 1 aromatic carbocycles. The monoisotopic (exact) mass is 351 g/mol. The van der Waals surface area contributed by atoms with Crippen LogP contribution in [-0.2, 0) is 9.53 Å². The summed E-state index contributed by atoms with van der Waals surface area (Å²) in [6.45, 7) is 0. The molecule has 1 aliphatic heterocycles. The first-order valence-electron chi connectivity index (χ1n) is 5.66. The Morgan fingerprint density at radius 1 is 1.25 bits per heavy atom. The summed E-state index contributed by atoms with van der Waals surface area (Å²) < 4.78 is 11.0. The highest BCUT2D eigenvalue weighted by molar-refractivity contribution is 9.10. The molecule has 2 heterocycles. The maximum Gasteiger partial charge on any atom is 0.363 e. The van der Waals surface area contributed by atoms with Gasteiger partial charge in [-0.05, 0) is 46.3 Å². The van der Waals surface area contributed by atoms with Crippen molar-refractivity contribution in [2.45, 2.75) is 0 Å². The lowest BCUT2D eigenvalue weighted by Crippen LogP contribution is -2.05. The van der Waals surface area contributed by atoms with Gasteiger partial charge in [0.1, 0.15) is 5.76 Å². The van der Waals surface area contributed by atoms with Crippen LogP contribution >= 0.6 is 27.5 Å². The first-order chi connectivity index (χ1) is 9.61. The first kappa shape index (κ1) is 13.1. The number of furan rings is 1. The Labute approximate surface area is 127 Å². The summed E-state index contributed by atoms with van der Waals surface area (Å²) in [4.78, 5) is 15.9. The van der Waals surface area contributed by atoms with E-state index < -0.39 is 5.97 Å². The summed E-state index contributed by atoms with van der Waals surface area (Å²) in [5.41, 5.74) is 0.830. The zero-order valence-electron chi connectivity index (χ0n) is 9.97. The molecular weight excluding hydrogens is 346 g/mol. The maximum absolute atomic E-state index is 11.8. The van der Waals surface area contributed by atoms with Gasteiger partial charge in [0.05, 0.1) is 0 Å². The van der Waals surface area contributed by atoms with E-state index in [2.05, 4.69) is 20.9 Å². The molecule has 0 saturated carbocycles. The molecule has 1 aliphatic rings. The Hall–Kier alpha value is -1.85. The number of cyclic esters (lactones) is 1. The Morgan fingerprint density at radius 3 is 2.80 bits per heavy atom. The molecule has 2 aromatic rings. The van der Waals surface area contributed by atoms with Gasteiger partial charge in [-0.15, -0.1) is 0 Å². The van der Waals surface area contributed by atoms with Gasteiger partial charge in [0.25, 0.3) is 0 Å². The van der Waals surface area contributed by atoms with Gasteiger partial charge in [-0.3, -0.25) is 0 Å². The van der Waals surface area contributed by atoms with Gasteiger partial charge in [-0.2, -0.15) is 0 Å². The zero-order chi connectivity index (χ0) is 14.1. The molecule has 0 N–H and O–H groups in total. The van der Waals surface area contributed by atoms with Gasteiger partial charge in [0.15, 0.2) is 10.4 Å². The number of carbonyl (C=O) groups excluding carboxylic acids is 1. The first-order valence-corrected chi connectivity index (χ1v) is 6.83. The van der Waals surface area contributed by atoms with Crippen LogP contribution in [0.2, 0.25) is 5.02 Å². The van der Waals surface area contributed by atoms with Gasteiger partial charge in [0, 0.05) is 16.7 Å². The molecule has 0 spiro atoms. The SMILES string of the molecule is O=C1OC(c2cccc(Cl)c2)=NC1=Cc1ccc(Br)o1. The lowest BCUT2D eigenvalue weighted by Gasteiger charge is -1.98. The minimum atomic E-state index is -0.521. The zero-order valence-corrected chi connectivity index (χ0v) is 12.3. The second-order valence-corrected chi connectivity index (χ2v) is 5.21. The lowest BCUT2D eigenvalue weighted by atomic mass is 10.2. The largest absolute Gasteiger partial charge is 0.450 e. The molecule has 0 fully saturated rings. The Balaban J connectivity index is 1.94. The number of hydrogen-bond donors (Lipinski definition) is 0. The molecule has 1 aromatic heterocycles. The normalized spacial score (nSPS) is 16.4. The summed E-state index contributed by atoms with van der Waals surface area (Å²) in [6, 6.07) is 10.4. The fourth-order valence-electron chi connectivity index (χ4n) is 1.69. The topological polar surface area (TPSA) is 51.8 Å². The summed E-state index contributed by atoms with van der Waals surface area (Å²) in [5, 5.41) is 0.550. The number of rotatable bonds is 2. The van der Waals surface area contributed by atoms with Crippen LogP contribution in [0.25, 0.3) is 6.08 Å². The second-order valence-electron chi connectivity index (χ2n) is 3.99. The van der Waals surface area contributed by atoms with E-state index in [1.165, 1.54) is 6.08 Å². The van der Waals surface area contributed by atoms with Crippen molar-refractivity contribution in [2.24, 2.45) is 4.99 Å². The molecule has 6 heteroatoms. The summed E-state index contributed by atoms with van der Waals surface area (Å²) in [5.74, 6) is 0.224. The minimum absolute atomic E-state index is 0.182. The van der Waals surface area contributed by atoms with E-state index >= 15 is 0 Å². The van der Waals surface area contributed by atoms with E-state index in [1.54, 1.807) is 36.4 Å². The second kappa shape index (κ2) is 5.26. The van der Waals surface area contributed by atoms with Gasteiger partial charge < -0.3 is 9.15 Å². The molecule has 0 amide bonds. The fourth-order valence-corrected chi connectivity index (χ4v) is 2.20. The molecule has 3 rings (SSSR count). The quantitative estimate of drug-likeness (QED) is 0.605. The number of benzene rings is 1. The van der Waals surface area contributed by atoms with Gasteiger partial charge in [0.2, 0.25) is 5.90 Å². The third kappa shape index (κ3) is 2.69. The van der Waals surface area contributed by atoms with Crippen LogP contribution in [0.4, 0.5) is 0 Å². The van der Waals surface area contributed by atoms with Crippen molar-refractivity contribution in [1.29, 1.82) is 0 Å². The van der Waals surface area contributed by atoms with Crippen molar-refractivity contribution >= 4 is 45.5 Å². The molecule has 0 bridgehead atoms. The number of hydrogen-bond acceptors (Lipinski definition) is 4. The molecule has 4 nitrogen and oxygen atoms in total. The van der Waals surface area contributed by atoms with Crippen molar-refractivity contribution in [3.63, 3.8) is 0 Å². The predicted octanol–water partition coefficient (Wildman–Crippen LogP) is 4.04. The minimum Gasteiger partial charge on any atom is -0.450 e. The number of nitrogens with zero attached hydrogens (tertiary/aromatic N) is 1. The van der Waals surface area contributed by atoms with Crippen LogP contribution in [0.3, 0.4) is 0 Å². The van der Waals surface area contributed by atoms with Crippen LogP contribution in [0.1, 0.15) is 11.3 Å². The van der Waals surface area contributed by atoms with E-state index in [0.717, 1.165) is 0 Å². The Morgan fingerprint density at radius 2 is 2.10 bits per heavy atom. The van der Waals surface area contributed by atoms with Crippen molar-refractivity contribution in [3.8, 4) is 0 Å². The highest BCUT2D eigenvalue weighted by Crippen LogP contribution is 2.22. The highest BCUT2D eigenvalue weighted by Gasteiger charge is 2.24. The maximum atomic E-state index is 11.8. The van der Waals surface area contributed by atoms with E-state index in [1.807, 2.05) is 0 Å². The van der Waals surface area contributed by atoms with Crippen LogP contribution in [0.5, 0.6) is 0 Å². The molecule has 0 atom stereocenters. The van der Waals surface area contributed by atoms with Gasteiger partial charge in [-0.1, -0.05) is 17.7 Å². The Kier molecular flexibility index (Phi) is 3.46. The van der Waals surface area contributed by atoms with E-state index in [9.17, 15) is 4.79 Å². The number of ether oxygens (including phenoxy) is 1. The average Bonchev–Trinajstić information content (AvgIpc) is 2.97. The molecule has 100 valence electrons. The van der Waals surface area contributed by atoms with Crippen LogP contribution in [0.15, 0.2) is 56.2 Å². The molecular formula is C14H7BrClNO3. The molecule has 0 radical (unpaired) electrons. The lowest BCUT2D eigenvalue weighted by molar-refractivity contribution is -0.129. The standard InChI is InChI=1S/C14H7BrClNO3/c15-12-5-4-10(19-12)7-11-14(18)20-13(17-11)8-2-1-3-9(16)6-8/h1-7H. The van der Waals surface area contributed by atoms with E-state index in [-0.39, 0.29) is 11.6 Å². The molecule has 0 unspecified atom stereocenters. The van der Waals surface area contributed by atoms with Crippen LogP contribution < -0.4 is 0 Å². The molecule has 0 aliphatic carbocycles. The van der Waals surface area contributed by atoms with Crippen molar-refractivity contribution in [1.82, 2.24) is 0 Å². The number of halogens is 2. The molecule has 20 heavy (non-hydrogen) atoms. The van der Waals surface area contributed by atoms with E-state index in [0.29, 0.717) is 21.0 Å². The third-order valence-electron chi connectivity index (χ3n) is 2.57. The van der Waals surface area contributed by atoms with E-state index in [4.69, 9.17) is 20.8 Å². The number of aliphatic imine (C=N–C) groups is 1. The smallest absolute Gasteiger partial charge is 0.363 e. The predicted molar refractivity (Wildman–Crippen MR) is 78.5 cm³/mol. The van der Waals surface area contributed by atoms with Crippen molar-refractivity contribution in [2.75, 3.05) is 0 Å².